The number of amides is 1. The van der Waals surface area contributed by atoms with Crippen molar-refractivity contribution in [1.82, 2.24) is 9.97 Å². The zero-order chi connectivity index (χ0) is 13.4. The van der Waals surface area contributed by atoms with Gasteiger partial charge in [0.25, 0.3) is 5.56 Å². The zero-order valence-electron chi connectivity index (χ0n) is 9.68. The van der Waals surface area contributed by atoms with Gasteiger partial charge in [-0.25, -0.2) is 4.98 Å². The first-order valence-corrected chi connectivity index (χ1v) is 5.94. The summed E-state index contributed by atoms with van der Waals surface area (Å²) < 4.78 is 0. The molecule has 0 spiro atoms. The minimum atomic E-state index is -0.435. The number of hydrogen-bond acceptors (Lipinski definition) is 4. The Hall–Kier alpha value is -2.34. The average molecular weight is 277 g/mol. The number of benzene rings is 1. The number of aromatic amines is 1. The largest absolute Gasteiger partial charge is 0.323 e. The van der Waals surface area contributed by atoms with E-state index in [9.17, 15) is 9.59 Å². The van der Waals surface area contributed by atoms with Crippen LogP contribution in [-0.2, 0) is 4.79 Å². The van der Waals surface area contributed by atoms with E-state index in [2.05, 4.69) is 15.3 Å². The van der Waals surface area contributed by atoms with E-state index in [4.69, 9.17) is 11.6 Å². The van der Waals surface area contributed by atoms with Gasteiger partial charge in [0.05, 0.1) is 17.7 Å². The first-order chi connectivity index (χ1) is 9.16. The van der Waals surface area contributed by atoms with Crippen molar-refractivity contribution < 1.29 is 4.79 Å². The maximum Gasteiger partial charge on any atom is 0.271 e. The highest BCUT2D eigenvalue weighted by Gasteiger charge is 2.25. The summed E-state index contributed by atoms with van der Waals surface area (Å²) in [5.41, 5.74) is 0.981. The fraction of sp³-hybridized carbons (Fsp3) is 0.0833. The molecule has 0 aliphatic carbocycles. The maximum absolute atomic E-state index is 11.7. The Balaban J connectivity index is 2.18. The average Bonchev–Trinajstić information content (AvgIpc) is 2.41. The summed E-state index contributed by atoms with van der Waals surface area (Å²) in [5, 5.41) is 2.72. The van der Waals surface area contributed by atoms with Gasteiger partial charge in [-0.3, -0.25) is 9.59 Å². The number of hydrogen-bond donors (Lipinski definition) is 2. The maximum atomic E-state index is 11.7. The summed E-state index contributed by atoms with van der Waals surface area (Å²) in [6, 6.07) is 7.26. The molecule has 0 saturated heterocycles. The Labute approximate surface area is 113 Å². The molecule has 1 aliphatic heterocycles. The minimum absolute atomic E-state index is 0.0352. The lowest BCUT2D eigenvalue weighted by molar-refractivity contribution is -0.115. The highest BCUT2D eigenvalue weighted by Crippen LogP contribution is 2.35. The van der Waals surface area contributed by atoms with Crippen molar-refractivity contribution in [3.8, 4) is 0 Å². The van der Waals surface area contributed by atoms with Crippen LogP contribution in [-0.4, -0.2) is 22.4 Å². The zero-order valence-corrected chi connectivity index (χ0v) is 10.4. The van der Waals surface area contributed by atoms with Crippen molar-refractivity contribution in [3.63, 3.8) is 0 Å². The lowest BCUT2D eigenvalue weighted by atomic mass is 10.2. The van der Waals surface area contributed by atoms with Crippen LogP contribution in [0.25, 0.3) is 0 Å². The molecule has 0 atom stereocenters. The number of para-hydroxylation sites is 2. The molecule has 1 aromatic heterocycles. The van der Waals surface area contributed by atoms with Gasteiger partial charge in [0, 0.05) is 0 Å². The molecule has 2 aromatic rings. The molecule has 0 fully saturated rings. The highest BCUT2D eigenvalue weighted by atomic mass is 35.5. The third-order valence-corrected chi connectivity index (χ3v) is 3.15. The first-order valence-electron chi connectivity index (χ1n) is 5.56. The van der Waals surface area contributed by atoms with Crippen molar-refractivity contribution in [3.05, 3.63) is 46.0 Å². The van der Waals surface area contributed by atoms with Gasteiger partial charge in [-0.15, -0.1) is 0 Å². The van der Waals surface area contributed by atoms with Gasteiger partial charge >= 0.3 is 0 Å². The number of nitrogens with one attached hydrogen (secondary N) is 2. The number of H-pyrrole nitrogens is 1. The summed E-state index contributed by atoms with van der Waals surface area (Å²) in [7, 11) is 0. The van der Waals surface area contributed by atoms with Crippen LogP contribution in [0.5, 0.6) is 0 Å². The van der Waals surface area contributed by atoms with Crippen LogP contribution in [0.4, 0.5) is 17.2 Å². The van der Waals surface area contributed by atoms with Gasteiger partial charge in [-0.2, -0.15) is 0 Å². The van der Waals surface area contributed by atoms with E-state index in [-0.39, 0.29) is 23.3 Å². The summed E-state index contributed by atoms with van der Waals surface area (Å²) in [6.45, 7) is 0.0627. The molecule has 3 rings (SSSR count). The second-order valence-electron chi connectivity index (χ2n) is 4.02. The van der Waals surface area contributed by atoms with Crippen LogP contribution in [0.15, 0.2) is 35.4 Å². The molecular weight excluding hydrogens is 268 g/mol. The van der Waals surface area contributed by atoms with Crippen molar-refractivity contribution in [2.45, 2.75) is 0 Å². The molecule has 0 bridgehead atoms. The van der Waals surface area contributed by atoms with Crippen molar-refractivity contribution in [2.24, 2.45) is 0 Å². The van der Waals surface area contributed by atoms with Crippen LogP contribution >= 0.6 is 11.6 Å². The second kappa shape index (κ2) is 4.40. The van der Waals surface area contributed by atoms with E-state index in [0.29, 0.717) is 5.69 Å². The van der Waals surface area contributed by atoms with Gasteiger partial charge in [-0.1, -0.05) is 23.7 Å². The topological polar surface area (TPSA) is 78.1 Å². The van der Waals surface area contributed by atoms with Crippen LogP contribution in [0.2, 0.25) is 5.02 Å². The number of aromatic nitrogens is 2. The van der Waals surface area contributed by atoms with E-state index < -0.39 is 5.56 Å². The van der Waals surface area contributed by atoms with Crippen molar-refractivity contribution in [2.75, 3.05) is 16.8 Å². The molecule has 19 heavy (non-hydrogen) atoms. The molecule has 0 saturated carbocycles. The molecule has 2 heterocycles. The number of fused-ring (bicyclic) bond motifs is 1. The normalized spacial score (nSPS) is 13.9. The van der Waals surface area contributed by atoms with Gasteiger partial charge in [0.1, 0.15) is 11.6 Å². The van der Waals surface area contributed by atoms with E-state index >= 15 is 0 Å². The smallest absolute Gasteiger partial charge is 0.271 e. The number of nitrogens with zero attached hydrogens (tertiary/aromatic N) is 2. The standard InChI is InChI=1S/C12H9ClN4O2/c13-10-11(14-6-15-12(10)19)17-5-9(18)16-7-3-1-2-4-8(7)17/h1-4,6H,5H2,(H,16,18)(H,14,15,19). The lowest BCUT2D eigenvalue weighted by Crippen LogP contribution is -2.36. The monoisotopic (exact) mass is 276 g/mol. The molecule has 2 N–H and O–H groups in total. The Bertz CT molecular complexity index is 713. The lowest BCUT2D eigenvalue weighted by Gasteiger charge is -2.30. The summed E-state index contributed by atoms with van der Waals surface area (Å²) >= 11 is 5.96. The van der Waals surface area contributed by atoms with Gasteiger partial charge in [0.15, 0.2) is 5.82 Å². The molecule has 0 radical (unpaired) electrons. The number of halogens is 1. The molecule has 1 amide bonds. The Kier molecular flexibility index (Phi) is 2.72. The van der Waals surface area contributed by atoms with Crippen LogP contribution < -0.4 is 15.8 Å². The van der Waals surface area contributed by atoms with E-state index in [0.717, 1.165) is 5.69 Å². The fourth-order valence-corrected chi connectivity index (χ4v) is 2.19. The Morgan fingerprint density at radius 1 is 1.26 bits per heavy atom. The van der Waals surface area contributed by atoms with Crippen LogP contribution in [0.3, 0.4) is 0 Å². The molecular formula is C12H9ClN4O2. The first kappa shape index (κ1) is 11.7. The van der Waals surface area contributed by atoms with Crippen LogP contribution in [0.1, 0.15) is 0 Å². The van der Waals surface area contributed by atoms with Gasteiger partial charge in [-0.05, 0) is 12.1 Å². The molecule has 1 aliphatic rings. The highest BCUT2D eigenvalue weighted by molar-refractivity contribution is 6.33. The SMILES string of the molecule is O=C1CN(c2nc[nH]c(=O)c2Cl)c2ccccc2N1. The number of carbonyl (C=O) groups is 1. The molecule has 0 unspecified atom stereocenters. The number of anilines is 3. The van der Waals surface area contributed by atoms with E-state index in [1.54, 1.807) is 11.0 Å². The summed E-state index contributed by atoms with van der Waals surface area (Å²) in [6.07, 6.45) is 1.26. The van der Waals surface area contributed by atoms with Crippen molar-refractivity contribution >= 4 is 34.7 Å². The van der Waals surface area contributed by atoms with E-state index in [1.165, 1.54) is 6.33 Å². The van der Waals surface area contributed by atoms with Gasteiger partial charge in [0.2, 0.25) is 5.91 Å². The predicted octanol–water partition coefficient (Wildman–Crippen LogP) is 1.51. The molecule has 6 nitrogen and oxygen atoms in total. The van der Waals surface area contributed by atoms with Crippen LogP contribution in [0, 0.1) is 0 Å². The summed E-state index contributed by atoms with van der Waals surface area (Å²) in [5.74, 6) is 0.0876. The van der Waals surface area contributed by atoms with E-state index in [1.807, 2.05) is 18.2 Å². The molecule has 1 aromatic carbocycles. The minimum Gasteiger partial charge on any atom is -0.323 e. The summed E-state index contributed by atoms with van der Waals surface area (Å²) in [4.78, 5) is 31.3. The molecule has 96 valence electrons. The number of carbonyl (C=O) groups excluding carboxylic acids is 1. The number of rotatable bonds is 1. The third-order valence-electron chi connectivity index (χ3n) is 2.80. The van der Waals surface area contributed by atoms with Crippen molar-refractivity contribution in [1.29, 1.82) is 0 Å². The third kappa shape index (κ3) is 1.96. The molecule has 7 heteroatoms. The fourth-order valence-electron chi connectivity index (χ4n) is 1.98. The predicted molar refractivity (Wildman–Crippen MR) is 71.9 cm³/mol. The Morgan fingerprint density at radius 3 is 2.89 bits per heavy atom. The quantitative estimate of drug-likeness (QED) is 0.828. The van der Waals surface area contributed by atoms with Gasteiger partial charge < -0.3 is 15.2 Å². The second-order valence-corrected chi connectivity index (χ2v) is 4.40. The Morgan fingerprint density at radius 2 is 2.05 bits per heavy atom.